The number of rotatable bonds is 26. The molecule has 40 heavy (non-hydrogen) atoms. The van der Waals surface area contributed by atoms with Crippen molar-refractivity contribution in [1.29, 1.82) is 0 Å². The molecular formula is C39H65N. The Bertz CT molecular complexity index is 854. The minimum absolute atomic E-state index is 1.19. The summed E-state index contributed by atoms with van der Waals surface area (Å²) >= 11 is 0. The van der Waals surface area contributed by atoms with Crippen LogP contribution >= 0.6 is 0 Å². The summed E-state index contributed by atoms with van der Waals surface area (Å²) in [6.07, 6.45) is 32.5. The van der Waals surface area contributed by atoms with E-state index in [9.17, 15) is 0 Å². The van der Waals surface area contributed by atoms with E-state index in [0.29, 0.717) is 0 Å². The van der Waals surface area contributed by atoms with Crippen LogP contribution in [0.25, 0.3) is 0 Å². The van der Waals surface area contributed by atoms with E-state index in [1.54, 1.807) is 0 Å². The van der Waals surface area contributed by atoms with Gasteiger partial charge in [0.2, 0.25) is 0 Å². The largest absolute Gasteiger partial charge is 0.355 e. The molecule has 2 aromatic rings. The summed E-state index contributed by atoms with van der Waals surface area (Å²) in [6, 6.07) is 16.5. The second kappa shape index (κ2) is 23.9. The zero-order valence-electron chi connectivity index (χ0n) is 27.0. The van der Waals surface area contributed by atoms with Crippen LogP contribution in [-0.4, -0.2) is 0 Å². The predicted octanol–water partition coefficient (Wildman–Crippen LogP) is 13.3. The molecule has 0 saturated carbocycles. The minimum Gasteiger partial charge on any atom is -0.355 e. The molecule has 0 aromatic heterocycles. The highest BCUT2D eigenvalue weighted by Gasteiger charge is 2.07. The Balaban J connectivity index is 1.91. The maximum Gasteiger partial charge on any atom is 0.0416 e. The molecule has 0 atom stereocenters. The molecule has 0 aliphatic carbocycles. The third-order valence-electron chi connectivity index (χ3n) is 8.56. The summed E-state index contributed by atoms with van der Waals surface area (Å²) in [4.78, 5) is 0. The number of hydrogen-bond acceptors (Lipinski definition) is 1. The average molecular weight is 548 g/mol. The fourth-order valence-corrected chi connectivity index (χ4v) is 5.94. The number of benzene rings is 2. The fourth-order valence-electron chi connectivity index (χ4n) is 5.94. The molecule has 0 amide bonds. The van der Waals surface area contributed by atoms with E-state index >= 15 is 0 Å². The van der Waals surface area contributed by atoms with Crippen LogP contribution in [0.4, 0.5) is 11.4 Å². The molecule has 0 fully saturated rings. The van der Waals surface area contributed by atoms with Crippen LogP contribution in [0.2, 0.25) is 0 Å². The van der Waals surface area contributed by atoms with Gasteiger partial charge in [-0.1, -0.05) is 161 Å². The van der Waals surface area contributed by atoms with Crippen LogP contribution < -0.4 is 5.32 Å². The zero-order chi connectivity index (χ0) is 28.5. The first-order valence-electron chi connectivity index (χ1n) is 17.7. The molecule has 0 heterocycles. The van der Waals surface area contributed by atoms with Gasteiger partial charge in [0.25, 0.3) is 0 Å². The average Bonchev–Trinajstić information content (AvgIpc) is 2.97. The molecule has 0 unspecified atom stereocenters. The van der Waals surface area contributed by atoms with E-state index in [2.05, 4.69) is 68.6 Å². The minimum atomic E-state index is 1.19. The monoisotopic (exact) mass is 548 g/mol. The van der Waals surface area contributed by atoms with Gasteiger partial charge >= 0.3 is 0 Å². The van der Waals surface area contributed by atoms with E-state index < -0.39 is 0 Å². The first-order valence-corrected chi connectivity index (χ1v) is 17.7. The van der Waals surface area contributed by atoms with Crippen LogP contribution in [-0.2, 0) is 19.3 Å². The van der Waals surface area contributed by atoms with Crippen molar-refractivity contribution >= 4 is 11.4 Å². The van der Waals surface area contributed by atoms with Crippen molar-refractivity contribution in [3.05, 3.63) is 59.2 Å². The summed E-state index contributed by atoms with van der Waals surface area (Å²) in [5.74, 6) is 0. The molecule has 2 aromatic carbocycles. The molecule has 0 aliphatic rings. The van der Waals surface area contributed by atoms with Crippen molar-refractivity contribution < 1.29 is 0 Å². The molecule has 1 heteroatoms. The van der Waals surface area contributed by atoms with Crippen molar-refractivity contribution in [2.75, 3.05) is 5.32 Å². The lowest BCUT2D eigenvalue weighted by atomic mass is 9.98. The summed E-state index contributed by atoms with van der Waals surface area (Å²) in [7, 11) is 0. The van der Waals surface area contributed by atoms with Crippen molar-refractivity contribution in [1.82, 2.24) is 0 Å². The van der Waals surface area contributed by atoms with Crippen molar-refractivity contribution in [3.63, 3.8) is 0 Å². The van der Waals surface area contributed by atoms with Gasteiger partial charge in [0.1, 0.15) is 0 Å². The molecule has 2 rings (SSSR count). The smallest absolute Gasteiger partial charge is 0.0416 e. The van der Waals surface area contributed by atoms with Gasteiger partial charge in [-0.3, -0.25) is 0 Å². The summed E-state index contributed by atoms with van der Waals surface area (Å²) in [5.41, 5.74) is 7.10. The SMILES string of the molecule is CCCCCCCCCc1cccc(Nc2ccc(CCCCCCCCC)cc2CCCCCCCCC)c1. The second-order valence-corrected chi connectivity index (χ2v) is 12.4. The molecule has 1 nitrogen and oxygen atoms in total. The number of nitrogens with one attached hydrogen (secondary N) is 1. The van der Waals surface area contributed by atoms with Crippen LogP contribution in [0.1, 0.15) is 172 Å². The topological polar surface area (TPSA) is 12.0 Å². The molecule has 0 saturated heterocycles. The lowest BCUT2D eigenvalue weighted by Gasteiger charge is -2.15. The van der Waals surface area contributed by atoms with E-state index in [-0.39, 0.29) is 0 Å². The maximum absolute atomic E-state index is 3.83. The van der Waals surface area contributed by atoms with Crippen molar-refractivity contribution in [3.8, 4) is 0 Å². The Labute approximate surface area is 250 Å². The van der Waals surface area contributed by atoms with Crippen molar-refractivity contribution in [2.45, 2.75) is 175 Å². The first kappa shape index (κ1) is 34.4. The number of anilines is 2. The van der Waals surface area contributed by atoms with E-state index in [1.807, 2.05) is 0 Å². The maximum atomic E-state index is 3.83. The third kappa shape index (κ3) is 16.5. The van der Waals surface area contributed by atoms with Crippen LogP contribution in [0, 0.1) is 0 Å². The normalized spacial score (nSPS) is 11.3. The zero-order valence-corrected chi connectivity index (χ0v) is 27.0. The quantitative estimate of drug-likeness (QED) is 0.115. The number of unbranched alkanes of at least 4 members (excludes halogenated alkanes) is 18. The summed E-state index contributed by atoms with van der Waals surface area (Å²) < 4.78 is 0. The molecule has 226 valence electrons. The fraction of sp³-hybridized carbons (Fsp3) is 0.692. The molecular weight excluding hydrogens is 482 g/mol. The molecule has 1 N–H and O–H groups in total. The summed E-state index contributed by atoms with van der Waals surface area (Å²) in [5, 5.41) is 3.83. The number of hydrogen-bond donors (Lipinski definition) is 1. The highest BCUT2D eigenvalue weighted by Crippen LogP contribution is 2.26. The predicted molar refractivity (Wildman–Crippen MR) is 181 cm³/mol. The lowest BCUT2D eigenvalue weighted by Crippen LogP contribution is -2.00. The Morgan fingerprint density at radius 1 is 0.425 bits per heavy atom. The Hall–Kier alpha value is -1.76. The van der Waals surface area contributed by atoms with E-state index in [0.717, 1.165) is 0 Å². The van der Waals surface area contributed by atoms with Crippen molar-refractivity contribution in [2.24, 2.45) is 0 Å². The van der Waals surface area contributed by atoms with Crippen LogP contribution in [0.15, 0.2) is 42.5 Å². The van der Waals surface area contributed by atoms with E-state index in [4.69, 9.17) is 0 Å². The highest BCUT2D eigenvalue weighted by molar-refractivity contribution is 5.64. The van der Waals surface area contributed by atoms with Gasteiger partial charge in [-0.15, -0.1) is 0 Å². The Morgan fingerprint density at radius 3 is 1.40 bits per heavy atom. The van der Waals surface area contributed by atoms with Crippen LogP contribution in [0.5, 0.6) is 0 Å². The third-order valence-corrected chi connectivity index (χ3v) is 8.56. The summed E-state index contributed by atoms with van der Waals surface area (Å²) in [6.45, 7) is 6.90. The molecule has 0 aliphatic heterocycles. The Kier molecular flexibility index (Phi) is 20.6. The van der Waals surface area contributed by atoms with Crippen LogP contribution in [0.3, 0.4) is 0 Å². The standard InChI is InChI=1S/C39H65N/c1-4-7-10-13-16-19-22-26-35-28-25-30-38(34-35)40-39-32-31-36(27-23-20-17-14-11-8-5-2)33-37(39)29-24-21-18-15-12-9-6-3/h25,28,30-34,40H,4-24,26-27,29H2,1-3H3. The first-order chi connectivity index (χ1) is 19.8. The van der Waals surface area contributed by atoms with E-state index in [1.165, 1.54) is 182 Å². The Morgan fingerprint density at radius 2 is 0.875 bits per heavy atom. The molecule has 0 radical (unpaired) electrons. The second-order valence-electron chi connectivity index (χ2n) is 12.4. The lowest BCUT2D eigenvalue weighted by molar-refractivity contribution is 0.587. The van der Waals surface area contributed by atoms with Gasteiger partial charge in [-0.25, -0.2) is 0 Å². The van der Waals surface area contributed by atoms with Gasteiger partial charge in [-0.05, 0) is 73.4 Å². The molecule has 0 spiro atoms. The van der Waals surface area contributed by atoms with Gasteiger partial charge in [0.15, 0.2) is 0 Å². The number of aryl methyl sites for hydroxylation is 3. The highest BCUT2D eigenvalue weighted by atomic mass is 14.9. The van der Waals surface area contributed by atoms with Gasteiger partial charge in [0.05, 0.1) is 0 Å². The van der Waals surface area contributed by atoms with Gasteiger partial charge < -0.3 is 5.32 Å². The van der Waals surface area contributed by atoms with Gasteiger partial charge in [0, 0.05) is 11.4 Å². The molecule has 0 bridgehead atoms. The van der Waals surface area contributed by atoms with Gasteiger partial charge in [-0.2, -0.15) is 0 Å².